The fraction of sp³-hybridized carbons (Fsp3) is 0.667. The summed E-state index contributed by atoms with van der Waals surface area (Å²) in [6.45, 7) is 0.137. The molecule has 1 saturated heterocycles. The van der Waals surface area contributed by atoms with Crippen molar-refractivity contribution in [3.8, 4) is 0 Å². The number of sulfone groups is 1. The second kappa shape index (κ2) is 6.10. The van der Waals surface area contributed by atoms with Gasteiger partial charge in [-0.15, -0.1) is 0 Å². The van der Waals surface area contributed by atoms with Crippen LogP contribution in [0.15, 0.2) is 0 Å². The lowest BCUT2D eigenvalue weighted by Gasteiger charge is -2.09. The average molecular weight is 293 g/mol. The molecular formula is C9H15N3O4S2. The minimum absolute atomic E-state index is 0.0423. The zero-order chi connectivity index (χ0) is 13.8. The van der Waals surface area contributed by atoms with Crippen LogP contribution in [0.25, 0.3) is 0 Å². The van der Waals surface area contributed by atoms with Gasteiger partial charge < -0.3 is 16.4 Å². The van der Waals surface area contributed by atoms with E-state index in [9.17, 15) is 18.0 Å². The molecule has 0 aromatic heterocycles. The SMILES string of the molecule is NC(=S)CNC(=O)C(=O)NCC1CCS(=O)(=O)C1. The first-order chi connectivity index (χ1) is 8.30. The monoisotopic (exact) mass is 293 g/mol. The second-order valence-corrected chi connectivity index (χ2v) is 6.88. The summed E-state index contributed by atoms with van der Waals surface area (Å²) in [6, 6.07) is 0. The van der Waals surface area contributed by atoms with Crippen molar-refractivity contribution in [1.29, 1.82) is 0 Å². The molecule has 1 aliphatic heterocycles. The van der Waals surface area contributed by atoms with Crippen molar-refractivity contribution in [3.63, 3.8) is 0 Å². The van der Waals surface area contributed by atoms with E-state index in [4.69, 9.17) is 5.73 Å². The molecule has 1 rings (SSSR count). The fourth-order valence-corrected chi connectivity index (χ4v) is 3.53. The van der Waals surface area contributed by atoms with Gasteiger partial charge in [0.1, 0.15) is 0 Å². The highest BCUT2D eigenvalue weighted by molar-refractivity contribution is 7.91. The van der Waals surface area contributed by atoms with Crippen molar-refractivity contribution in [2.24, 2.45) is 11.7 Å². The highest BCUT2D eigenvalue weighted by Gasteiger charge is 2.28. The molecule has 1 fully saturated rings. The minimum atomic E-state index is -2.97. The van der Waals surface area contributed by atoms with Gasteiger partial charge in [-0.05, 0) is 12.3 Å². The van der Waals surface area contributed by atoms with E-state index in [1.807, 2.05) is 0 Å². The molecular weight excluding hydrogens is 278 g/mol. The maximum absolute atomic E-state index is 11.3. The Hall–Kier alpha value is -1.22. The van der Waals surface area contributed by atoms with Crippen LogP contribution in [0.5, 0.6) is 0 Å². The normalized spacial score (nSPS) is 21.2. The predicted octanol–water partition coefficient (Wildman–Crippen LogP) is -2.06. The summed E-state index contributed by atoms with van der Waals surface area (Å²) in [5.74, 6) is -1.57. The van der Waals surface area contributed by atoms with E-state index in [-0.39, 0.29) is 35.5 Å². The first-order valence-corrected chi connectivity index (χ1v) is 7.58. The molecule has 1 heterocycles. The van der Waals surface area contributed by atoms with E-state index in [0.29, 0.717) is 6.42 Å². The number of carbonyl (C=O) groups is 2. The number of nitrogens with one attached hydrogen (secondary N) is 2. The highest BCUT2D eigenvalue weighted by atomic mass is 32.2. The molecule has 4 N–H and O–H groups in total. The molecule has 0 aromatic rings. The standard InChI is InChI=1S/C9H15N3O4S2/c10-7(17)4-12-9(14)8(13)11-3-6-1-2-18(15,16)5-6/h6H,1-5H2,(H2,10,17)(H,11,13)(H,12,14). The first-order valence-electron chi connectivity index (χ1n) is 5.35. The summed E-state index contributed by atoms with van der Waals surface area (Å²) in [4.78, 5) is 22.6. The van der Waals surface area contributed by atoms with Gasteiger partial charge in [0.05, 0.1) is 23.0 Å². The van der Waals surface area contributed by atoms with Gasteiger partial charge in [-0.2, -0.15) is 0 Å². The van der Waals surface area contributed by atoms with Crippen molar-refractivity contribution >= 4 is 38.9 Å². The molecule has 0 radical (unpaired) electrons. The first kappa shape index (κ1) is 14.8. The fourth-order valence-electron chi connectivity index (χ4n) is 1.60. The van der Waals surface area contributed by atoms with E-state index >= 15 is 0 Å². The van der Waals surface area contributed by atoms with Gasteiger partial charge in [-0.1, -0.05) is 12.2 Å². The predicted molar refractivity (Wildman–Crippen MR) is 69.6 cm³/mol. The van der Waals surface area contributed by atoms with E-state index in [2.05, 4.69) is 22.9 Å². The van der Waals surface area contributed by atoms with E-state index in [1.165, 1.54) is 0 Å². The summed E-state index contributed by atoms with van der Waals surface area (Å²) in [5, 5.41) is 4.62. The molecule has 102 valence electrons. The van der Waals surface area contributed by atoms with Gasteiger partial charge in [0.2, 0.25) is 0 Å². The lowest BCUT2D eigenvalue weighted by molar-refractivity contribution is -0.139. The van der Waals surface area contributed by atoms with Crippen LogP contribution in [0.2, 0.25) is 0 Å². The quantitative estimate of drug-likeness (QED) is 0.405. The van der Waals surface area contributed by atoms with Gasteiger partial charge in [-0.25, -0.2) is 8.42 Å². The molecule has 18 heavy (non-hydrogen) atoms. The summed E-state index contributed by atoms with van der Waals surface area (Å²) in [5.41, 5.74) is 5.16. The number of nitrogens with two attached hydrogens (primary N) is 1. The summed E-state index contributed by atoms with van der Waals surface area (Å²) >= 11 is 4.54. The third-order valence-corrected chi connectivity index (χ3v) is 4.49. The van der Waals surface area contributed by atoms with Crippen LogP contribution < -0.4 is 16.4 Å². The molecule has 1 unspecified atom stereocenters. The van der Waals surface area contributed by atoms with Gasteiger partial charge in [0.25, 0.3) is 0 Å². The van der Waals surface area contributed by atoms with Crippen LogP contribution >= 0.6 is 12.2 Å². The molecule has 1 aliphatic rings. The van der Waals surface area contributed by atoms with Crippen molar-refractivity contribution in [3.05, 3.63) is 0 Å². The number of carbonyl (C=O) groups excluding carboxylic acids is 2. The molecule has 9 heteroatoms. The summed E-state index contributed by atoms with van der Waals surface area (Å²) in [6.07, 6.45) is 0.511. The van der Waals surface area contributed by atoms with Crippen molar-refractivity contribution in [2.75, 3.05) is 24.6 Å². The van der Waals surface area contributed by atoms with Crippen LogP contribution in [0, 0.1) is 5.92 Å². The zero-order valence-electron chi connectivity index (χ0n) is 9.64. The number of thiocarbonyl (C=S) groups is 1. The molecule has 2 amide bonds. The molecule has 0 saturated carbocycles. The minimum Gasteiger partial charge on any atom is -0.392 e. The van der Waals surface area contributed by atoms with Crippen LogP contribution in [0.4, 0.5) is 0 Å². The Morgan fingerprint density at radius 1 is 1.28 bits per heavy atom. The lowest BCUT2D eigenvalue weighted by atomic mass is 10.1. The Morgan fingerprint density at radius 3 is 2.39 bits per heavy atom. The van der Waals surface area contributed by atoms with Crippen LogP contribution in [-0.4, -0.2) is 49.8 Å². The second-order valence-electron chi connectivity index (χ2n) is 4.13. The topological polar surface area (TPSA) is 118 Å². The Morgan fingerprint density at radius 2 is 1.89 bits per heavy atom. The van der Waals surface area contributed by atoms with E-state index in [1.54, 1.807) is 0 Å². The summed E-state index contributed by atoms with van der Waals surface area (Å²) < 4.78 is 22.4. The molecule has 0 bridgehead atoms. The van der Waals surface area contributed by atoms with Gasteiger partial charge in [0.15, 0.2) is 9.84 Å². The average Bonchev–Trinajstić information content (AvgIpc) is 2.62. The van der Waals surface area contributed by atoms with Crippen LogP contribution in [0.3, 0.4) is 0 Å². The molecule has 0 aliphatic carbocycles. The van der Waals surface area contributed by atoms with E-state index in [0.717, 1.165) is 0 Å². The number of hydrogen-bond donors (Lipinski definition) is 3. The van der Waals surface area contributed by atoms with Crippen LogP contribution in [-0.2, 0) is 19.4 Å². The van der Waals surface area contributed by atoms with Gasteiger partial charge >= 0.3 is 11.8 Å². The number of rotatable bonds is 4. The Balaban J connectivity index is 2.29. The van der Waals surface area contributed by atoms with E-state index < -0.39 is 21.7 Å². The molecule has 7 nitrogen and oxygen atoms in total. The number of amides is 2. The van der Waals surface area contributed by atoms with Crippen molar-refractivity contribution in [2.45, 2.75) is 6.42 Å². The maximum atomic E-state index is 11.3. The molecule has 0 spiro atoms. The Kier molecular flexibility index (Phi) is 5.03. The summed E-state index contributed by atoms with van der Waals surface area (Å²) in [7, 11) is -2.97. The maximum Gasteiger partial charge on any atom is 0.309 e. The number of hydrogen-bond acceptors (Lipinski definition) is 5. The molecule has 1 atom stereocenters. The Labute approximate surface area is 110 Å². The van der Waals surface area contributed by atoms with Gasteiger partial charge in [0, 0.05) is 6.54 Å². The molecule has 0 aromatic carbocycles. The lowest BCUT2D eigenvalue weighted by Crippen LogP contribution is -2.44. The highest BCUT2D eigenvalue weighted by Crippen LogP contribution is 2.17. The van der Waals surface area contributed by atoms with Gasteiger partial charge in [-0.3, -0.25) is 9.59 Å². The third kappa shape index (κ3) is 4.96. The zero-order valence-corrected chi connectivity index (χ0v) is 11.3. The van der Waals surface area contributed by atoms with Crippen LogP contribution in [0.1, 0.15) is 6.42 Å². The Bertz CT molecular complexity index is 460. The third-order valence-electron chi connectivity index (χ3n) is 2.51. The largest absolute Gasteiger partial charge is 0.392 e. The van der Waals surface area contributed by atoms with Crippen molar-refractivity contribution < 1.29 is 18.0 Å². The van der Waals surface area contributed by atoms with Crippen molar-refractivity contribution in [1.82, 2.24) is 10.6 Å². The smallest absolute Gasteiger partial charge is 0.309 e.